The average Bonchev–Trinajstić information content (AvgIpc) is 2.57. The molecule has 5 heteroatoms. The van der Waals surface area contributed by atoms with E-state index in [0.717, 1.165) is 17.1 Å². The van der Waals surface area contributed by atoms with Crippen molar-refractivity contribution < 1.29 is 12.4 Å². The first-order valence-corrected chi connectivity index (χ1v) is 10.4. The number of benzene rings is 3. The van der Waals surface area contributed by atoms with Gasteiger partial charge in [-0.1, -0.05) is 0 Å². The van der Waals surface area contributed by atoms with Gasteiger partial charge in [0.05, 0.1) is 0 Å². The molecule has 0 aliphatic heterocycles. The van der Waals surface area contributed by atoms with Gasteiger partial charge in [0, 0.05) is 0 Å². The van der Waals surface area contributed by atoms with Gasteiger partial charge in [0.2, 0.25) is 0 Å². The minimum absolute atomic E-state index is 0. The van der Waals surface area contributed by atoms with Crippen molar-refractivity contribution in [2.75, 3.05) is 12.8 Å². The van der Waals surface area contributed by atoms with Crippen molar-refractivity contribution in [1.82, 2.24) is 0 Å². The zero-order chi connectivity index (χ0) is 15.0. The molecule has 0 atom stereocenters. The third kappa shape index (κ3) is 5.54. The van der Waals surface area contributed by atoms with Gasteiger partial charge in [-0.15, -0.1) is 0 Å². The van der Waals surface area contributed by atoms with Gasteiger partial charge in [0.25, 0.3) is 0 Å². The van der Waals surface area contributed by atoms with Crippen LogP contribution in [0, 0.1) is 0 Å². The van der Waals surface area contributed by atoms with E-state index in [1.165, 1.54) is 0 Å². The molecule has 0 aliphatic carbocycles. The summed E-state index contributed by atoms with van der Waals surface area (Å²) in [5, 5.41) is 0. The Morgan fingerprint density at radius 3 is 0.957 bits per heavy atom. The molecule has 0 unspecified atom stereocenters. The number of nitrogens with one attached hydrogen (secondary N) is 3. The Hall–Kier alpha value is -2.11. The summed E-state index contributed by atoms with van der Waals surface area (Å²) in [6.45, 7) is 0. The molecular formula is C18H18ClGeN3. The molecule has 116 valence electrons. The quantitative estimate of drug-likeness (QED) is 0.561. The zero-order valence-electron chi connectivity index (χ0n) is 12.5. The first kappa shape index (κ1) is 17.2. The summed E-state index contributed by atoms with van der Waals surface area (Å²) in [5.41, 5.74) is 3.39. The molecule has 0 aliphatic rings. The van der Waals surface area contributed by atoms with Crippen LogP contribution >= 0.6 is 0 Å². The van der Waals surface area contributed by atoms with Crippen molar-refractivity contribution in [3.63, 3.8) is 0 Å². The van der Waals surface area contributed by atoms with E-state index in [4.69, 9.17) is 0 Å². The number of halogens is 1. The molecule has 0 saturated heterocycles. The Morgan fingerprint density at radius 2 is 0.696 bits per heavy atom. The number of hydrogen-bond donors (Lipinski definition) is 3. The molecular weight excluding hydrogens is 366 g/mol. The fourth-order valence-electron chi connectivity index (χ4n) is 2.09. The van der Waals surface area contributed by atoms with Gasteiger partial charge in [-0.2, -0.15) is 0 Å². The number of para-hydroxylation sites is 3. The van der Waals surface area contributed by atoms with Crippen LogP contribution in [-0.4, -0.2) is 15.0 Å². The van der Waals surface area contributed by atoms with Gasteiger partial charge in [-0.25, -0.2) is 0 Å². The summed E-state index contributed by atoms with van der Waals surface area (Å²) in [6, 6.07) is 30.9. The Labute approximate surface area is 148 Å². The Morgan fingerprint density at radius 1 is 0.435 bits per heavy atom. The molecule has 0 spiro atoms. The molecule has 3 aromatic carbocycles. The van der Waals surface area contributed by atoms with E-state index in [-0.39, 0.29) is 12.4 Å². The predicted octanol–water partition coefficient (Wildman–Crippen LogP) is 1.31. The Kier molecular flexibility index (Phi) is 6.84. The van der Waals surface area contributed by atoms with Gasteiger partial charge < -0.3 is 12.4 Å². The van der Waals surface area contributed by atoms with E-state index < -0.39 is 15.0 Å². The van der Waals surface area contributed by atoms with Crippen molar-refractivity contribution >= 4 is 32.1 Å². The van der Waals surface area contributed by atoms with Crippen LogP contribution in [0.4, 0.5) is 17.1 Å². The molecule has 0 fully saturated rings. The molecule has 0 saturated carbocycles. The van der Waals surface area contributed by atoms with Crippen molar-refractivity contribution in [2.45, 2.75) is 0 Å². The van der Waals surface area contributed by atoms with E-state index in [1.54, 1.807) is 0 Å². The van der Waals surface area contributed by atoms with Gasteiger partial charge in [0.1, 0.15) is 0 Å². The van der Waals surface area contributed by atoms with E-state index in [0.29, 0.717) is 0 Å². The molecule has 3 rings (SSSR count). The van der Waals surface area contributed by atoms with Gasteiger partial charge in [0.15, 0.2) is 0 Å². The number of anilines is 3. The number of hydrogen-bond acceptors (Lipinski definition) is 3. The summed E-state index contributed by atoms with van der Waals surface area (Å²) in [5.74, 6) is 0. The van der Waals surface area contributed by atoms with Crippen molar-refractivity contribution in [3.05, 3.63) is 91.0 Å². The van der Waals surface area contributed by atoms with Crippen LogP contribution in [0.15, 0.2) is 91.0 Å². The van der Waals surface area contributed by atoms with Crippen LogP contribution in [0.2, 0.25) is 0 Å². The predicted molar refractivity (Wildman–Crippen MR) is 95.9 cm³/mol. The zero-order valence-corrected chi connectivity index (χ0v) is 15.4. The van der Waals surface area contributed by atoms with Gasteiger partial charge in [-0.3, -0.25) is 0 Å². The molecule has 23 heavy (non-hydrogen) atoms. The third-order valence-corrected chi connectivity index (χ3v) is 6.52. The van der Waals surface area contributed by atoms with Crippen LogP contribution in [0.25, 0.3) is 0 Å². The normalized spacial score (nSPS) is 9.39. The second kappa shape index (κ2) is 9.13. The molecule has 0 heterocycles. The molecule has 0 radical (unpaired) electrons. The van der Waals surface area contributed by atoms with Crippen molar-refractivity contribution in [3.8, 4) is 0 Å². The second-order valence-electron chi connectivity index (χ2n) is 4.85. The summed E-state index contributed by atoms with van der Waals surface area (Å²) in [6.07, 6.45) is 0. The first-order valence-electron chi connectivity index (χ1n) is 7.23. The maximum absolute atomic E-state index is 3.62. The van der Waals surface area contributed by atoms with E-state index >= 15 is 0 Å². The first-order chi connectivity index (χ1) is 10.9. The molecule has 3 N–H and O–H groups in total. The fourth-order valence-corrected chi connectivity index (χ4v) is 5.35. The van der Waals surface area contributed by atoms with Crippen molar-refractivity contribution in [1.29, 1.82) is 0 Å². The Balaban J connectivity index is 0.00000192. The van der Waals surface area contributed by atoms with E-state index in [9.17, 15) is 0 Å². The topological polar surface area (TPSA) is 36.1 Å². The van der Waals surface area contributed by atoms with Crippen LogP contribution in [0.5, 0.6) is 0 Å². The maximum atomic E-state index is 3.62. The van der Waals surface area contributed by atoms with Crippen LogP contribution in [0.3, 0.4) is 0 Å². The molecule has 0 aromatic heterocycles. The van der Waals surface area contributed by atoms with Crippen LogP contribution < -0.4 is 25.2 Å². The SMILES string of the molecule is [Cl-].c1ccc([NH][Ge+]([NH]c2ccccc2)[NH]c2ccccc2)cc1. The second-order valence-corrected chi connectivity index (χ2v) is 8.00. The number of rotatable bonds is 6. The monoisotopic (exact) mass is 385 g/mol. The fraction of sp³-hybridized carbons (Fsp3) is 0. The summed E-state index contributed by atoms with van der Waals surface area (Å²) < 4.78 is 10.9. The average molecular weight is 384 g/mol. The standard InChI is InChI=1S/C18H18GeN3.ClH/c1-4-10-16(11-5-1)20-19(21-17-12-6-2-7-13-17)22-18-14-8-3-9-15-18;/h1-15,20-22H;1H/q+1;/p-1. The molecule has 0 bridgehead atoms. The summed E-state index contributed by atoms with van der Waals surface area (Å²) in [7, 11) is 0. The Bertz CT molecular complexity index is 582. The molecule has 0 amide bonds. The van der Waals surface area contributed by atoms with Crippen LogP contribution in [0.1, 0.15) is 0 Å². The molecule has 3 nitrogen and oxygen atoms in total. The van der Waals surface area contributed by atoms with Gasteiger partial charge >= 0.3 is 136 Å². The van der Waals surface area contributed by atoms with E-state index in [1.807, 2.05) is 54.6 Å². The minimum atomic E-state index is -1.97. The van der Waals surface area contributed by atoms with E-state index in [2.05, 4.69) is 49.2 Å². The van der Waals surface area contributed by atoms with Gasteiger partial charge in [-0.05, 0) is 0 Å². The molecule has 3 aromatic rings. The summed E-state index contributed by atoms with van der Waals surface area (Å²) >= 11 is -1.97. The van der Waals surface area contributed by atoms with Crippen molar-refractivity contribution in [2.24, 2.45) is 0 Å². The third-order valence-electron chi connectivity index (χ3n) is 3.13. The van der Waals surface area contributed by atoms with Crippen LogP contribution in [-0.2, 0) is 0 Å². The summed E-state index contributed by atoms with van der Waals surface area (Å²) in [4.78, 5) is 0.